The number of carboxylic acids is 1. The molecule has 2 aromatic heterocycles. The molecule has 4 heterocycles. The van der Waals surface area contributed by atoms with Crippen molar-refractivity contribution >= 4 is 46.6 Å². The molecule has 5 aromatic rings. The SMILES string of the molecule is Cc1c(COc2cc(OCc3cncc(C#N)c3)c(CN3CCCCC3C(=O)O)cc2Cl)cccc1-c1cccc(NC(=O)c2nc3c(n2C)CCC(C)N3)c1Cl. The molecule has 1 fully saturated rings. The molecule has 0 radical (unpaired) electrons. The van der Waals surface area contributed by atoms with Crippen molar-refractivity contribution < 1.29 is 24.2 Å². The summed E-state index contributed by atoms with van der Waals surface area (Å²) in [4.78, 5) is 36.2. The number of piperidine rings is 1. The second-order valence-electron chi connectivity index (χ2n) is 14.6. The highest BCUT2D eigenvalue weighted by molar-refractivity contribution is 6.36. The predicted molar refractivity (Wildman–Crippen MR) is 219 cm³/mol. The standard InChI is InChI=1S/C43H43Cl2N7O5/c1-25-13-14-35-40(48-25)50-41(51(35)3)42(53)49-34-11-7-10-32(39(34)45)31-9-6-8-29(26(31)2)24-57-38-18-37(56-23-28-16-27(19-46)20-47-21-28)30(17-33(38)44)22-52-15-5-4-12-36(52)43(54)55/h6-11,16-18,20-21,25,36,48H,4-5,12-15,22-24H2,1-3H3,(H,49,53)(H,54,55). The van der Waals surface area contributed by atoms with Crippen molar-refractivity contribution in [3.05, 3.63) is 116 Å². The molecular formula is C43H43Cl2N7O5. The number of hydrogen-bond donors (Lipinski definition) is 3. The monoisotopic (exact) mass is 807 g/mol. The van der Waals surface area contributed by atoms with Crippen LogP contribution in [0.2, 0.25) is 10.0 Å². The fourth-order valence-corrected chi connectivity index (χ4v) is 8.03. The first-order valence-corrected chi connectivity index (χ1v) is 19.7. The number of imidazole rings is 1. The number of anilines is 2. The van der Waals surface area contributed by atoms with E-state index in [1.165, 1.54) is 6.20 Å². The number of carbonyl (C=O) groups excluding carboxylic acids is 1. The van der Waals surface area contributed by atoms with Crippen LogP contribution in [0.15, 0.2) is 67.0 Å². The van der Waals surface area contributed by atoms with Gasteiger partial charge in [-0.1, -0.05) is 60.0 Å². The number of aliphatic carboxylic acids is 1. The number of likely N-dealkylation sites (tertiary alicyclic amines) is 1. The molecule has 0 aliphatic carbocycles. The number of nitrogens with zero attached hydrogens (tertiary/aromatic N) is 5. The van der Waals surface area contributed by atoms with Gasteiger partial charge < -0.3 is 29.8 Å². The van der Waals surface area contributed by atoms with Crippen LogP contribution in [0.1, 0.15) is 76.7 Å². The fourth-order valence-electron chi connectivity index (χ4n) is 7.51. The molecule has 1 amide bonds. The van der Waals surface area contributed by atoms with Crippen LogP contribution in [0.25, 0.3) is 11.1 Å². The van der Waals surface area contributed by atoms with Gasteiger partial charge in [0.15, 0.2) is 0 Å². The van der Waals surface area contributed by atoms with Crippen LogP contribution in [0.4, 0.5) is 11.5 Å². The van der Waals surface area contributed by atoms with E-state index in [0.717, 1.165) is 65.0 Å². The predicted octanol–water partition coefficient (Wildman–Crippen LogP) is 8.57. The Hall–Kier alpha value is -5.61. The zero-order valence-corrected chi connectivity index (χ0v) is 33.5. The van der Waals surface area contributed by atoms with Gasteiger partial charge in [-0.3, -0.25) is 19.5 Å². The van der Waals surface area contributed by atoms with E-state index in [4.69, 9.17) is 32.7 Å². The number of amides is 1. The average Bonchev–Trinajstić information content (AvgIpc) is 3.53. The number of ether oxygens (including phenoxy) is 2. The Morgan fingerprint density at radius 1 is 1.02 bits per heavy atom. The number of fused-ring (bicyclic) bond motifs is 1. The highest BCUT2D eigenvalue weighted by Crippen LogP contribution is 2.39. The lowest BCUT2D eigenvalue weighted by atomic mass is 9.96. The molecule has 3 aromatic carbocycles. The Balaban J connectivity index is 1.11. The van der Waals surface area contributed by atoms with Gasteiger partial charge in [-0.15, -0.1) is 0 Å². The van der Waals surface area contributed by atoms with Crippen molar-refractivity contribution in [3.63, 3.8) is 0 Å². The summed E-state index contributed by atoms with van der Waals surface area (Å²) in [6, 6.07) is 18.4. The number of aromatic nitrogens is 3. The molecule has 1 saturated heterocycles. The van der Waals surface area contributed by atoms with E-state index < -0.39 is 12.0 Å². The van der Waals surface area contributed by atoms with E-state index in [0.29, 0.717) is 63.7 Å². The van der Waals surface area contributed by atoms with Crippen molar-refractivity contribution in [3.8, 4) is 28.7 Å². The van der Waals surface area contributed by atoms with Crippen LogP contribution in [0.3, 0.4) is 0 Å². The first-order chi connectivity index (χ1) is 27.5. The van der Waals surface area contributed by atoms with Crippen molar-refractivity contribution in [1.29, 1.82) is 5.26 Å². The van der Waals surface area contributed by atoms with E-state index in [9.17, 15) is 20.0 Å². The molecule has 0 bridgehead atoms. The summed E-state index contributed by atoms with van der Waals surface area (Å²) in [7, 11) is 1.85. The maximum Gasteiger partial charge on any atom is 0.320 e. The second-order valence-corrected chi connectivity index (χ2v) is 15.4. The maximum absolute atomic E-state index is 13.5. The van der Waals surface area contributed by atoms with Gasteiger partial charge in [-0.2, -0.15) is 5.26 Å². The summed E-state index contributed by atoms with van der Waals surface area (Å²) in [6.07, 6.45) is 7.24. The Bertz CT molecular complexity index is 2370. The molecule has 0 saturated carbocycles. The van der Waals surface area contributed by atoms with Crippen LogP contribution in [0.5, 0.6) is 11.5 Å². The fraction of sp³-hybridized carbons (Fsp3) is 0.326. The van der Waals surface area contributed by atoms with Gasteiger partial charge in [0, 0.05) is 54.8 Å². The van der Waals surface area contributed by atoms with Gasteiger partial charge >= 0.3 is 5.97 Å². The molecule has 3 N–H and O–H groups in total. The number of nitrogens with one attached hydrogen (secondary N) is 2. The minimum absolute atomic E-state index is 0.126. The molecule has 2 unspecified atom stereocenters. The van der Waals surface area contributed by atoms with E-state index in [2.05, 4.69) is 33.6 Å². The van der Waals surface area contributed by atoms with E-state index in [-0.39, 0.29) is 25.2 Å². The van der Waals surface area contributed by atoms with Crippen molar-refractivity contribution in [2.45, 2.75) is 77.8 Å². The highest BCUT2D eigenvalue weighted by Gasteiger charge is 2.30. The van der Waals surface area contributed by atoms with Gasteiger partial charge in [0.1, 0.15) is 42.6 Å². The summed E-state index contributed by atoms with van der Waals surface area (Å²) in [5.74, 6) is 0.714. The van der Waals surface area contributed by atoms with Gasteiger partial charge in [0.05, 0.1) is 27.0 Å². The molecule has 57 heavy (non-hydrogen) atoms. The van der Waals surface area contributed by atoms with E-state index in [1.54, 1.807) is 30.5 Å². The zero-order chi connectivity index (χ0) is 40.2. The number of pyridine rings is 1. The van der Waals surface area contributed by atoms with Crippen molar-refractivity contribution in [2.75, 3.05) is 17.2 Å². The van der Waals surface area contributed by atoms with Crippen LogP contribution in [-0.2, 0) is 38.0 Å². The number of hydrogen-bond acceptors (Lipinski definition) is 9. The number of halogens is 2. The molecule has 2 aliphatic heterocycles. The van der Waals surface area contributed by atoms with Crippen molar-refractivity contribution in [1.82, 2.24) is 19.4 Å². The van der Waals surface area contributed by atoms with Crippen LogP contribution in [0, 0.1) is 18.3 Å². The van der Waals surface area contributed by atoms with Gasteiger partial charge in [-0.05, 0) is 81.0 Å². The van der Waals surface area contributed by atoms with Crippen molar-refractivity contribution in [2.24, 2.45) is 7.05 Å². The second kappa shape index (κ2) is 17.3. The minimum Gasteiger partial charge on any atom is -0.488 e. The zero-order valence-electron chi connectivity index (χ0n) is 31.9. The number of carbonyl (C=O) groups is 2. The summed E-state index contributed by atoms with van der Waals surface area (Å²) < 4.78 is 14.5. The first-order valence-electron chi connectivity index (χ1n) is 18.9. The molecule has 7 rings (SSSR count). The van der Waals surface area contributed by atoms with E-state index in [1.807, 2.05) is 53.8 Å². The molecular weight excluding hydrogens is 765 g/mol. The quantitative estimate of drug-likeness (QED) is 0.112. The number of rotatable bonds is 12. The molecule has 294 valence electrons. The Kier molecular flexibility index (Phi) is 12.0. The van der Waals surface area contributed by atoms with Crippen LogP contribution >= 0.6 is 23.2 Å². The third-order valence-corrected chi connectivity index (χ3v) is 11.4. The Morgan fingerprint density at radius 2 is 1.81 bits per heavy atom. The Labute approximate surface area is 341 Å². The third-order valence-electron chi connectivity index (χ3n) is 10.7. The van der Waals surface area contributed by atoms with Gasteiger partial charge in [0.25, 0.3) is 5.91 Å². The molecule has 14 heteroatoms. The molecule has 2 aliphatic rings. The third kappa shape index (κ3) is 8.71. The summed E-state index contributed by atoms with van der Waals surface area (Å²) in [5, 5.41) is 26.4. The number of nitriles is 1. The maximum atomic E-state index is 13.5. The normalized spacial score (nSPS) is 16.6. The summed E-state index contributed by atoms with van der Waals surface area (Å²) >= 11 is 13.9. The van der Waals surface area contributed by atoms with Crippen LogP contribution in [-0.4, -0.2) is 55.0 Å². The average molecular weight is 809 g/mol. The molecule has 0 spiro atoms. The highest BCUT2D eigenvalue weighted by atomic mass is 35.5. The van der Waals surface area contributed by atoms with Gasteiger partial charge in [-0.25, -0.2) is 4.98 Å². The molecule has 2 atom stereocenters. The first kappa shape index (κ1) is 39.6. The smallest absolute Gasteiger partial charge is 0.320 e. The van der Waals surface area contributed by atoms with Gasteiger partial charge in [0.2, 0.25) is 5.82 Å². The molecule has 12 nitrogen and oxygen atoms in total. The topological polar surface area (TPSA) is 155 Å². The number of benzene rings is 3. The lowest BCUT2D eigenvalue weighted by Crippen LogP contribution is -2.44. The minimum atomic E-state index is -0.854. The van der Waals surface area contributed by atoms with E-state index >= 15 is 0 Å². The summed E-state index contributed by atoms with van der Waals surface area (Å²) in [5.41, 5.74) is 6.74. The summed E-state index contributed by atoms with van der Waals surface area (Å²) in [6.45, 7) is 5.34. The number of carboxylic acid groups (broad SMARTS) is 1. The van der Waals surface area contributed by atoms with Crippen LogP contribution < -0.4 is 20.1 Å². The lowest BCUT2D eigenvalue weighted by Gasteiger charge is -2.33. The Morgan fingerprint density at radius 3 is 2.61 bits per heavy atom. The lowest BCUT2D eigenvalue weighted by molar-refractivity contribution is -0.144. The largest absolute Gasteiger partial charge is 0.488 e.